The number of ketones is 1. The van der Waals surface area contributed by atoms with Crippen LogP contribution in [0.1, 0.15) is 13.3 Å². The van der Waals surface area contributed by atoms with Crippen LogP contribution >= 0.6 is 11.8 Å². The van der Waals surface area contributed by atoms with Crippen LogP contribution in [0, 0.1) is 0 Å². The molecule has 0 aromatic heterocycles. The van der Waals surface area contributed by atoms with Crippen molar-refractivity contribution in [1.29, 1.82) is 0 Å². The van der Waals surface area contributed by atoms with E-state index >= 15 is 0 Å². The normalized spacial score (nSPS) is 36.8. The largest absolute Gasteiger partial charge is 0.299 e. The van der Waals surface area contributed by atoms with Gasteiger partial charge in [-0.05, 0) is 11.1 Å². The molecule has 0 N–H and O–H groups in total. The van der Waals surface area contributed by atoms with Crippen molar-refractivity contribution in [1.82, 2.24) is 0 Å². The predicted octanol–water partition coefficient (Wildman–Crippen LogP) is 0.504. The average molecular weight is 142 g/mol. The molecule has 1 aliphatic heterocycles. The van der Waals surface area contributed by atoms with E-state index in [0.717, 1.165) is 17.9 Å². The fourth-order valence-electron chi connectivity index (χ4n) is 1.08. The van der Waals surface area contributed by atoms with E-state index in [-0.39, 0.29) is 5.31 Å². The smallest absolute Gasteiger partial charge is 0.142 e. The summed E-state index contributed by atoms with van der Waals surface area (Å²) in [5.74, 6) is 2.29. The van der Waals surface area contributed by atoms with E-state index in [9.17, 15) is 4.79 Å². The maximum atomic E-state index is 10.9. The Bertz CT molecular complexity index is 133. The third-order valence-corrected chi connectivity index (χ3v) is 2.94. The first kappa shape index (κ1) is 7.20. The summed E-state index contributed by atoms with van der Waals surface area (Å²) in [6, 6.07) is 0. The van der Waals surface area contributed by atoms with E-state index in [1.54, 1.807) is 11.8 Å². The molecule has 1 fully saturated rings. The van der Waals surface area contributed by atoms with Crippen LogP contribution in [0.25, 0.3) is 0 Å². The van der Waals surface area contributed by atoms with E-state index < -0.39 is 0 Å². The van der Waals surface area contributed by atoms with Gasteiger partial charge in [0, 0.05) is 6.42 Å². The summed E-state index contributed by atoms with van der Waals surface area (Å²) in [5, 5.41) is 0.264. The van der Waals surface area contributed by atoms with Crippen molar-refractivity contribution < 1.29 is 4.79 Å². The van der Waals surface area contributed by atoms with Gasteiger partial charge < -0.3 is 0 Å². The zero-order valence-electron chi connectivity index (χ0n) is 5.94. The fourth-order valence-corrected chi connectivity index (χ4v) is 2.16. The van der Waals surface area contributed by atoms with Crippen molar-refractivity contribution in [2.24, 2.45) is 0 Å². The van der Waals surface area contributed by atoms with Crippen LogP contribution < -0.4 is 0 Å². The molecule has 1 nitrogen and oxygen atoms in total. The average Bonchev–Trinajstić information content (AvgIpc) is 1.60. The second kappa shape index (κ2) is 2.37. The second-order valence-electron chi connectivity index (χ2n) is 3.37. The molecule has 0 aromatic carbocycles. The molecule has 0 saturated carbocycles. The Hall–Kier alpha value is 0.0849. The summed E-state index contributed by atoms with van der Waals surface area (Å²) in [5.41, 5.74) is 0. The zero-order chi connectivity index (χ0) is 6.91. The van der Waals surface area contributed by atoms with Crippen LogP contribution in [-0.2, 0) is 4.79 Å². The molecule has 0 spiro atoms. The lowest BCUT2D eigenvalue weighted by Crippen LogP contribution is -2.23. The predicted molar refractivity (Wildman–Crippen MR) is 43.9 cm³/mol. The molecule has 1 aliphatic rings. The SMILES string of the molecule is BC1(C)CSCC(=O)C1. The lowest BCUT2D eigenvalue weighted by molar-refractivity contribution is -0.117. The quantitative estimate of drug-likeness (QED) is 0.458. The first-order valence-electron chi connectivity index (χ1n) is 3.20. The highest BCUT2D eigenvalue weighted by Gasteiger charge is 2.26. The summed E-state index contributed by atoms with van der Waals surface area (Å²) < 4.78 is 0. The van der Waals surface area contributed by atoms with Crippen LogP contribution in [0.15, 0.2) is 0 Å². The minimum atomic E-state index is 0.264. The van der Waals surface area contributed by atoms with E-state index in [1.165, 1.54) is 0 Å². The van der Waals surface area contributed by atoms with E-state index in [2.05, 4.69) is 14.8 Å². The standard InChI is InChI=1S/C6H11BOS/c1-6(7)2-5(8)3-9-4-6/h2-4,7H2,1H3. The van der Waals surface area contributed by atoms with Gasteiger partial charge in [-0.2, -0.15) is 11.8 Å². The third-order valence-electron chi connectivity index (χ3n) is 1.43. The lowest BCUT2D eigenvalue weighted by Gasteiger charge is -2.27. The third kappa shape index (κ3) is 2.05. The second-order valence-corrected chi connectivity index (χ2v) is 4.36. The Morgan fingerprint density at radius 2 is 2.44 bits per heavy atom. The Kier molecular flexibility index (Phi) is 1.89. The molecule has 1 unspecified atom stereocenters. The number of rotatable bonds is 0. The maximum Gasteiger partial charge on any atom is 0.142 e. The lowest BCUT2D eigenvalue weighted by atomic mass is 9.69. The van der Waals surface area contributed by atoms with Gasteiger partial charge in [0.2, 0.25) is 0 Å². The molecular formula is C6H11BOS. The number of hydrogen-bond donors (Lipinski definition) is 0. The first-order valence-corrected chi connectivity index (χ1v) is 4.35. The van der Waals surface area contributed by atoms with Crippen molar-refractivity contribution in [3.8, 4) is 0 Å². The highest BCUT2D eigenvalue weighted by Crippen LogP contribution is 2.34. The van der Waals surface area contributed by atoms with Crippen LogP contribution in [0.2, 0.25) is 5.31 Å². The summed E-state index contributed by atoms with van der Waals surface area (Å²) in [6.07, 6.45) is 0.778. The van der Waals surface area contributed by atoms with Gasteiger partial charge in [-0.15, -0.1) is 0 Å². The molecule has 1 atom stereocenters. The monoisotopic (exact) mass is 142 g/mol. The fraction of sp³-hybridized carbons (Fsp3) is 0.833. The Morgan fingerprint density at radius 3 is 2.78 bits per heavy atom. The summed E-state index contributed by atoms with van der Waals surface area (Å²) in [4.78, 5) is 10.9. The number of thioether (sulfide) groups is 1. The summed E-state index contributed by atoms with van der Waals surface area (Å²) in [7, 11) is 2.15. The molecule has 0 amide bonds. The van der Waals surface area contributed by atoms with E-state index in [4.69, 9.17) is 0 Å². The molecule has 1 rings (SSSR count). The number of carbonyl (C=O) groups excluding carboxylic acids is 1. The molecule has 0 radical (unpaired) electrons. The van der Waals surface area contributed by atoms with Crippen molar-refractivity contribution in [2.45, 2.75) is 18.7 Å². The van der Waals surface area contributed by atoms with E-state index in [0.29, 0.717) is 5.78 Å². The van der Waals surface area contributed by atoms with Crippen LogP contribution in [0.3, 0.4) is 0 Å². The highest BCUT2D eigenvalue weighted by atomic mass is 32.2. The van der Waals surface area contributed by atoms with Crippen LogP contribution in [0.4, 0.5) is 0 Å². The molecule has 0 bridgehead atoms. The van der Waals surface area contributed by atoms with Gasteiger partial charge in [0.15, 0.2) is 0 Å². The molecule has 1 heterocycles. The molecular weight excluding hydrogens is 131 g/mol. The first-order chi connectivity index (χ1) is 4.10. The van der Waals surface area contributed by atoms with Gasteiger partial charge in [-0.25, -0.2) is 0 Å². The molecule has 0 aromatic rings. The minimum absolute atomic E-state index is 0.264. The van der Waals surface area contributed by atoms with Gasteiger partial charge >= 0.3 is 0 Å². The topological polar surface area (TPSA) is 17.1 Å². The van der Waals surface area contributed by atoms with E-state index in [1.807, 2.05) is 0 Å². The van der Waals surface area contributed by atoms with Crippen molar-refractivity contribution >= 4 is 25.4 Å². The van der Waals surface area contributed by atoms with Crippen LogP contribution in [-0.4, -0.2) is 25.1 Å². The molecule has 9 heavy (non-hydrogen) atoms. The van der Waals surface area contributed by atoms with Gasteiger partial charge in [0.05, 0.1) is 5.75 Å². The minimum Gasteiger partial charge on any atom is -0.299 e. The zero-order valence-corrected chi connectivity index (χ0v) is 6.75. The maximum absolute atomic E-state index is 10.9. The Morgan fingerprint density at radius 1 is 1.78 bits per heavy atom. The van der Waals surface area contributed by atoms with Crippen molar-refractivity contribution in [2.75, 3.05) is 11.5 Å². The Labute approximate surface area is 61.0 Å². The summed E-state index contributed by atoms with van der Waals surface area (Å²) in [6.45, 7) is 2.15. The number of carbonyl (C=O) groups is 1. The van der Waals surface area contributed by atoms with Gasteiger partial charge in [0.1, 0.15) is 13.6 Å². The van der Waals surface area contributed by atoms with Crippen molar-refractivity contribution in [3.05, 3.63) is 0 Å². The highest BCUT2D eigenvalue weighted by molar-refractivity contribution is 8.00. The van der Waals surface area contributed by atoms with Gasteiger partial charge in [-0.1, -0.05) is 6.92 Å². The summed E-state index contributed by atoms with van der Waals surface area (Å²) >= 11 is 1.76. The van der Waals surface area contributed by atoms with Crippen molar-refractivity contribution in [3.63, 3.8) is 0 Å². The molecule has 3 heteroatoms. The number of hydrogen-bond acceptors (Lipinski definition) is 2. The number of Topliss-reactive ketones (excluding diaryl/α,β-unsaturated/α-hetero) is 1. The van der Waals surface area contributed by atoms with Gasteiger partial charge in [0.25, 0.3) is 0 Å². The molecule has 0 aliphatic carbocycles. The molecule has 1 saturated heterocycles. The van der Waals surface area contributed by atoms with Crippen LogP contribution in [0.5, 0.6) is 0 Å². The Balaban J connectivity index is 2.51. The molecule has 50 valence electrons. The van der Waals surface area contributed by atoms with Gasteiger partial charge in [-0.3, -0.25) is 4.79 Å².